The topological polar surface area (TPSA) is 61.0 Å². The van der Waals surface area contributed by atoms with Crippen LogP contribution in [-0.4, -0.2) is 18.5 Å². The van der Waals surface area contributed by atoms with Crippen molar-refractivity contribution in [3.8, 4) is 5.75 Å². The Morgan fingerprint density at radius 1 is 1.29 bits per heavy atom. The molecule has 5 nitrogen and oxygen atoms in total. The number of hydrogen-bond acceptors (Lipinski definition) is 5. The fraction of sp³-hybridized carbons (Fsp3) is 0.176. The van der Waals surface area contributed by atoms with Crippen LogP contribution in [0.3, 0.4) is 0 Å². The summed E-state index contributed by atoms with van der Waals surface area (Å²) in [4.78, 5) is 16.2. The Balaban J connectivity index is 1.90. The first-order valence-corrected chi connectivity index (χ1v) is 9.42. The Morgan fingerprint density at radius 2 is 2.04 bits per heavy atom. The molecule has 7 heteroatoms. The van der Waals surface area contributed by atoms with Crippen molar-refractivity contribution in [2.45, 2.75) is 13.3 Å². The zero-order chi connectivity index (χ0) is 17.1. The minimum Gasteiger partial charge on any atom is -0.491 e. The number of halogens is 2. The summed E-state index contributed by atoms with van der Waals surface area (Å²) < 4.78 is 18.1. The number of aliphatic imine (C=N–C) groups is 1. The van der Waals surface area contributed by atoms with Crippen LogP contribution in [0.2, 0.25) is 0 Å². The lowest BCUT2D eigenvalue weighted by atomic mass is 10.2. The number of nitrogens with zero attached hydrogens (tertiary/aromatic N) is 1. The van der Waals surface area contributed by atoms with Crippen molar-refractivity contribution < 1.29 is 18.7 Å². The molecule has 0 unspecified atom stereocenters. The fourth-order valence-corrected chi connectivity index (χ4v) is 4.21. The molecular weight excluding hydrogens is 536 g/mol. The van der Waals surface area contributed by atoms with Gasteiger partial charge in [0.1, 0.15) is 5.75 Å². The number of esters is 1. The van der Waals surface area contributed by atoms with E-state index in [1.165, 1.54) is 6.26 Å². The lowest BCUT2D eigenvalue weighted by Gasteiger charge is -2.10. The van der Waals surface area contributed by atoms with Crippen molar-refractivity contribution in [1.82, 2.24) is 0 Å². The van der Waals surface area contributed by atoms with E-state index in [0.29, 0.717) is 12.4 Å². The normalized spacial score (nSPS) is 15.5. The highest BCUT2D eigenvalue weighted by Gasteiger charge is 2.25. The van der Waals surface area contributed by atoms with Crippen molar-refractivity contribution in [1.29, 1.82) is 0 Å². The third-order valence-corrected chi connectivity index (χ3v) is 4.73. The van der Waals surface area contributed by atoms with Gasteiger partial charge in [-0.1, -0.05) is 6.92 Å². The number of cyclic esters (lactones) is 1. The van der Waals surface area contributed by atoms with Crippen LogP contribution in [-0.2, 0) is 9.53 Å². The number of carbonyl (C=O) groups excluding carboxylic acids is 1. The van der Waals surface area contributed by atoms with Gasteiger partial charge in [0.05, 0.1) is 20.0 Å². The number of hydrogen-bond donors (Lipinski definition) is 0. The van der Waals surface area contributed by atoms with Crippen molar-refractivity contribution in [2.24, 2.45) is 4.99 Å². The van der Waals surface area contributed by atoms with Gasteiger partial charge in [0, 0.05) is 0 Å². The summed E-state index contributed by atoms with van der Waals surface area (Å²) in [6.45, 7) is 2.74. The zero-order valence-electron chi connectivity index (χ0n) is 12.7. The molecular formula is C17H13I2NO4. The van der Waals surface area contributed by atoms with Gasteiger partial charge in [-0.2, -0.15) is 0 Å². The maximum atomic E-state index is 12.0. The molecule has 1 aromatic heterocycles. The van der Waals surface area contributed by atoms with E-state index in [2.05, 4.69) is 57.1 Å². The maximum absolute atomic E-state index is 12.0. The van der Waals surface area contributed by atoms with Gasteiger partial charge in [0.2, 0.25) is 0 Å². The molecule has 0 N–H and O–H groups in total. The van der Waals surface area contributed by atoms with Crippen molar-refractivity contribution in [3.63, 3.8) is 0 Å². The number of rotatable bonds is 5. The first-order valence-electron chi connectivity index (χ1n) is 7.26. The summed E-state index contributed by atoms with van der Waals surface area (Å²) >= 11 is 4.46. The molecule has 1 aromatic carbocycles. The summed E-state index contributed by atoms with van der Waals surface area (Å²) in [7, 11) is 0. The van der Waals surface area contributed by atoms with E-state index >= 15 is 0 Å². The Labute approximate surface area is 166 Å². The Morgan fingerprint density at radius 3 is 2.67 bits per heavy atom. The largest absolute Gasteiger partial charge is 0.491 e. The second kappa shape index (κ2) is 7.68. The van der Waals surface area contributed by atoms with Crippen LogP contribution in [0.1, 0.15) is 24.7 Å². The van der Waals surface area contributed by atoms with Gasteiger partial charge in [-0.25, -0.2) is 9.79 Å². The molecule has 0 aliphatic carbocycles. The van der Waals surface area contributed by atoms with Gasteiger partial charge in [0.25, 0.3) is 5.90 Å². The van der Waals surface area contributed by atoms with Crippen LogP contribution in [0, 0.1) is 7.14 Å². The Kier molecular flexibility index (Phi) is 5.59. The van der Waals surface area contributed by atoms with Crippen molar-refractivity contribution in [2.75, 3.05) is 6.61 Å². The van der Waals surface area contributed by atoms with Crippen LogP contribution in [0.15, 0.2) is 45.6 Å². The third-order valence-electron chi connectivity index (χ3n) is 3.13. The van der Waals surface area contributed by atoms with E-state index in [1.54, 1.807) is 18.2 Å². The van der Waals surface area contributed by atoms with E-state index in [9.17, 15) is 4.79 Å². The summed E-state index contributed by atoms with van der Waals surface area (Å²) in [6, 6.07) is 7.32. The van der Waals surface area contributed by atoms with Gasteiger partial charge in [-0.15, -0.1) is 0 Å². The fourth-order valence-electron chi connectivity index (χ4n) is 2.08. The lowest BCUT2D eigenvalue weighted by Crippen LogP contribution is -2.04. The van der Waals surface area contributed by atoms with E-state index < -0.39 is 5.97 Å². The van der Waals surface area contributed by atoms with E-state index in [1.807, 2.05) is 12.1 Å². The monoisotopic (exact) mass is 549 g/mol. The number of furan rings is 1. The van der Waals surface area contributed by atoms with Crippen molar-refractivity contribution >= 4 is 63.1 Å². The minimum absolute atomic E-state index is 0.184. The number of ether oxygens (including phenoxy) is 2. The molecule has 0 spiro atoms. The molecule has 0 amide bonds. The van der Waals surface area contributed by atoms with Crippen LogP contribution >= 0.6 is 45.2 Å². The summed E-state index contributed by atoms with van der Waals surface area (Å²) in [6.07, 6.45) is 4.16. The predicted molar refractivity (Wildman–Crippen MR) is 107 cm³/mol. The third kappa shape index (κ3) is 3.82. The molecule has 24 heavy (non-hydrogen) atoms. The SMILES string of the molecule is CCCOc1c(I)cc(/C=C2\N=C(c3ccco3)OC2=O)cc1I. The first-order chi connectivity index (χ1) is 11.6. The van der Waals surface area contributed by atoms with Gasteiger partial charge in [-0.3, -0.25) is 0 Å². The molecule has 0 saturated heterocycles. The van der Waals surface area contributed by atoms with Crippen LogP contribution in [0.4, 0.5) is 0 Å². The predicted octanol–water partition coefficient (Wildman–Crippen LogP) is 4.62. The molecule has 0 saturated carbocycles. The second-order valence-electron chi connectivity index (χ2n) is 4.98. The summed E-state index contributed by atoms with van der Waals surface area (Å²) in [5.74, 6) is 0.995. The molecule has 0 bridgehead atoms. The van der Waals surface area contributed by atoms with Gasteiger partial charge in [-0.05, 0) is 87.5 Å². The highest BCUT2D eigenvalue weighted by Crippen LogP contribution is 2.30. The molecule has 2 aromatic rings. The van der Waals surface area contributed by atoms with Crippen LogP contribution in [0.5, 0.6) is 5.75 Å². The van der Waals surface area contributed by atoms with Crippen LogP contribution < -0.4 is 4.74 Å². The Hall–Kier alpha value is -1.36. The van der Waals surface area contributed by atoms with E-state index in [0.717, 1.165) is 24.9 Å². The van der Waals surface area contributed by atoms with Gasteiger partial charge in [0.15, 0.2) is 11.5 Å². The lowest BCUT2D eigenvalue weighted by molar-refractivity contribution is -0.130. The van der Waals surface area contributed by atoms with Crippen molar-refractivity contribution in [3.05, 3.63) is 54.7 Å². The average Bonchev–Trinajstić information content (AvgIpc) is 3.17. The van der Waals surface area contributed by atoms with Gasteiger partial charge < -0.3 is 13.9 Å². The average molecular weight is 549 g/mol. The second-order valence-corrected chi connectivity index (χ2v) is 7.30. The highest BCUT2D eigenvalue weighted by atomic mass is 127. The van der Waals surface area contributed by atoms with Gasteiger partial charge >= 0.3 is 5.97 Å². The summed E-state index contributed by atoms with van der Waals surface area (Å²) in [5, 5.41) is 0. The smallest absolute Gasteiger partial charge is 0.363 e. The molecule has 2 heterocycles. The Bertz CT molecular complexity index is 802. The molecule has 124 valence electrons. The molecule has 0 fully saturated rings. The van der Waals surface area contributed by atoms with E-state index in [4.69, 9.17) is 13.9 Å². The quantitative estimate of drug-likeness (QED) is 0.311. The molecule has 0 radical (unpaired) electrons. The highest BCUT2D eigenvalue weighted by molar-refractivity contribution is 14.1. The van der Waals surface area contributed by atoms with E-state index in [-0.39, 0.29) is 11.6 Å². The molecule has 1 aliphatic heterocycles. The standard InChI is InChI=1S/C17H13I2NO4/c1-2-5-23-15-11(18)7-10(8-12(15)19)9-13-17(21)24-16(20-13)14-4-3-6-22-14/h3-4,6-9H,2,5H2,1H3/b13-9-. The maximum Gasteiger partial charge on any atom is 0.363 e. The van der Waals surface area contributed by atoms with Crippen LogP contribution in [0.25, 0.3) is 6.08 Å². The minimum atomic E-state index is -0.488. The number of carbonyl (C=O) groups is 1. The zero-order valence-corrected chi connectivity index (χ0v) is 17.0. The molecule has 0 atom stereocenters. The molecule has 1 aliphatic rings. The molecule has 3 rings (SSSR count). The summed E-state index contributed by atoms with van der Waals surface area (Å²) in [5.41, 5.74) is 1.11. The first kappa shape index (κ1) is 17.5. The number of benzene rings is 1.